The van der Waals surface area contributed by atoms with Gasteiger partial charge in [0.15, 0.2) is 0 Å². The van der Waals surface area contributed by atoms with Gasteiger partial charge in [0.1, 0.15) is 16.6 Å². The van der Waals surface area contributed by atoms with E-state index in [0.717, 1.165) is 24.7 Å². The van der Waals surface area contributed by atoms with Crippen molar-refractivity contribution in [3.8, 4) is 10.6 Å². The van der Waals surface area contributed by atoms with E-state index in [1.54, 1.807) is 6.92 Å². The second-order valence-electron chi connectivity index (χ2n) is 7.01. The van der Waals surface area contributed by atoms with E-state index in [4.69, 9.17) is 0 Å². The predicted molar refractivity (Wildman–Crippen MR) is 110 cm³/mol. The quantitative estimate of drug-likeness (QED) is 0.698. The minimum atomic E-state index is -0.570. The van der Waals surface area contributed by atoms with Crippen LogP contribution in [0.1, 0.15) is 44.7 Å². The Bertz CT molecular complexity index is 745. The molecule has 1 aromatic heterocycles. The highest BCUT2D eigenvalue weighted by molar-refractivity contribution is 7.13. The minimum Gasteiger partial charge on any atom is -0.356 e. The summed E-state index contributed by atoms with van der Waals surface area (Å²) in [6.07, 6.45) is 6.45. The monoisotopic (exact) mass is 409 g/mol. The molecule has 1 aliphatic rings. The van der Waals surface area contributed by atoms with Gasteiger partial charge in [-0.3, -0.25) is 4.79 Å². The first-order valence-corrected chi connectivity index (χ1v) is 10.7. The lowest BCUT2D eigenvalue weighted by Gasteiger charge is -2.26. The number of hydrogen-bond acceptors (Lipinski definition) is 4. The van der Waals surface area contributed by atoms with Crippen LogP contribution < -0.4 is 5.32 Å². The van der Waals surface area contributed by atoms with Crippen molar-refractivity contribution in [2.75, 3.05) is 26.2 Å². The van der Waals surface area contributed by atoms with Crippen LogP contribution >= 0.6 is 11.3 Å². The number of unbranched alkanes of at least 4 members (excludes halogenated alkanes) is 1. The van der Waals surface area contributed by atoms with E-state index in [-0.39, 0.29) is 5.91 Å². The summed E-state index contributed by atoms with van der Waals surface area (Å²) in [6.45, 7) is 8.01. The van der Waals surface area contributed by atoms with Crippen LogP contribution in [0.25, 0.3) is 10.6 Å². The van der Waals surface area contributed by atoms with Crippen molar-refractivity contribution in [1.82, 2.24) is 15.2 Å². The summed E-state index contributed by atoms with van der Waals surface area (Å²) >= 11 is 1.35. The van der Waals surface area contributed by atoms with E-state index in [0.29, 0.717) is 10.6 Å². The number of halogens is 2. The van der Waals surface area contributed by atoms with Crippen LogP contribution in [0.5, 0.6) is 0 Å². The Balaban J connectivity index is 0.000000200. The van der Waals surface area contributed by atoms with E-state index >= 15 is 0 Å². The molecule has 2 aromatic rings. The fourth-order valence-electron chi connectivity index (χ4n) is 3.05. The minimum absolute atomic E-state index is 0.0861. The van der Waals surface area contributed by atoms with Crippen LogP contribution in [0.4, 0.5) is 8.78 Å². The number of aromatic nitrogens is 1. The van der Waals surface area contributed by atoms with Crippen LogP contribution in [0, 0.1) is 18.6 Å². The molecule has 1 amide bonds. The lowest BCUT2D eigenvalue weighted by molar-refractivity contribution is -0.118. The molecule has 2 heterocycles. The zero-order valence-electron chi connectivity index (χ0n) is 16.6. The van der Waals surface area contributed by atoms with Crippen LogP contribution in [-0.4, -0.2) is 42.0 Å². The molecular formula is C21H29F2N3OS. The Morgan fingerprint density at radius 1 is 1.21 bits per heavy atom. The topological polar surface area (TPSA) is 45.2 Å². The lowest BCUT2D eigenvalue weighted by atomic mass is 10.1. The molecule has 0 bridgehead atoms. The zero-order valence-corrected chi connectivity index (χ0v) is 17.5. The van der Waals surface area contributed by atoms with Gasteiger partial charge in [0.25, 0.3) is 0 Å². The third-order valence-electron chi connectivity index (χ3n) is 4.50. The standard InChI is InChI=1S/C11H22N2O.C10H7F2NS/c1-11(14)12-7-3-6-10-13-8-4-2-5-9-13;1-6-5-14-10(13-6)8-3-2-7(11)4-9(8)12/h2-10H2,1H3,(H,12,14);2-5H,1H3. The van der Waals surface area contributed by atoms with Gasteiger partial charge < -0.3 is 10.2 Å². The smallest absolute Gasteiger partial charge is 0.216 e. The molecule has 0 atom stereocenters. The SMILES string of the molecule is CC(=O)NCCCCN1CCCCC1.Cc1csc(-c2ccc(F)cc2F)n1. The van der Waals surface area contributed by atoms with Crippen molar-refractivity contribution in [3.63, 3.8) is 0 Å². The van der Waals surface area contributed by atoms with Gasteiger partial charge in [-0.05, 0) is 64.4 Å². The summed E-state index contributed by atoms with van der Waals surface area (Å²) in [4.78, 5) is 17.3. The maximum atomic E-state index is 13.3. The summed E-state index contributed by atoms with van der Waals surface area (Å²) < 4.78 is 25.9. The number of carbonyl (C=O) groups is 1. The molecule has 3 rings (SSSR count). The molecule has 1 aromatic carbocycles. The molecule has 0 spiro atoms. The first kappa shape index (κ1) is 22.4. The van der Waals surface area contributed by atoms with E-state index < -0.39 is 11.6 Å². The Morgan fingerprint density at radius 2 is 1.96 bits per heavy atom. The number of amides is 1. The van der Waals surface area contributed by atoms with Gasteiger partial charge in [0, 0.05) is 36.2 Å². The second-order valence-corrected chi connectivity index (χ2v) is 7.87. The molecule has 1 fully saturated rings. The van der Waals surface area contributed by atoms with Crippen molar-refractivity contribution in [2.45, 2.75) is 46.0 Å². The lowest BCUT2D eigenvalue weighted by Crippen LogP contribution is -2.31. The predicted octanol–water partition coefficient (Wildman–Crippen LogP) is 4.79. The van der Waals surface area contributed by atoms with Gasteiger partial charge in [-0.25, -0.2) is 13.8 Å². The highest BCUT2D eigenvalue weighted by Crippen LogP contribution is 2.26. The first-order chi connectivity index (χ1) is 13.5. The van der Waals surface area contributed by atoms with Gasteiger partial charge in [-0.2, -0.15) is 0 Å². The van der Waals surface area contributed by atoms with Crippen molar-refractivity contribution in [2.24, 2.45) is 0 Å². The molecule has 1 saturated heterocycles. The molecule has 0 aliphatic carbocycles. The number of aryl methyl sites for hydroxylation is 1. The van der Waals surface area contributed by atoms with Crippen molar-refractivity contribution in [3.05, 3.63) is 40.9 Å². The van der Waals surface area contributed by atoms with Crippen molar-refractivity contribution < 1.29 is 13.6 Å². The third kappa shape index (κ3) is 8.02. The van der Waals surface area contributed by atoms with E-state index in [9.17, 15) is 13.6 Å². The summed E-state index contributed by atoms with van der Waals surface area (Å²) in [7, 11) is 0. The fraction of sp³-hybridized carbons (Fsp3) is 0.524. The maximum absolute atomic E-state index is 13.3. The molecule has 7 heteroatoms. The summed E-state index contributed by atoms with van der Waals surface area (Å²) in [5.41, 5.74) is 1.19. The normalized spacial score (nSPS) is 14.3. The highest BCUT2D eigenvalue weighted by atomic mass is 32.1. The van der Waals surface area contributed by atoms with Crippen molar-refractivity contribution in [1.29, 1.82) is 0 Å². The van der Waals surface area contributed by atoms with E-state index in [2.05, 4.69) is 15.2 Å². The van der Waals surface area contributed by atoms with Gasteiger partial charge >= 0.3 is 0 Å². The van der Waals surface area contributed by atoms with Crippen molar-refractivity contribution >= 4 is 17.2 Å². The van der Waals surface area contributed by atoms with Crippen LogP contribution in [0.3, 0.4) is 0 Å². The average Bonchev–Trinajstić information content (AvgIpc) is 3.09. The molecule has 1 aliphatic heterocycles. The second kappa shape index (κ2) is 11.9. The maximum Gasteiger partial charge on any atom is 0.216 e. The Morgan fingerprint density at radius 3 is 2.57 bits per heavy atom. The molecule has 0 radical (unpaired) electrons. The summed E-state index contributed by atoms with van der Waals surface area (Å²) in [5.74, 6) is -1.05. The van der Waals surface area contributed by atoms with Gasteiger partial charge in [-0.1, -0.05) is 6.42 Å². The molecule has 1 N–H and O–H groups in total. The molecule has 28 heavy (non-hydrogen) atoms. The molecule has 0 saturated carbocycles. The number of piperidine rings is 1. The Kier molecular flexibility index (Phi) is 9.50. The number of nitrogens with zero attached hydrogens (tertiary/aromatic N) is 2. The summed E-state index contributed by atoms with van der Waals surface area (Å²) in [5, 5.41) is 5.24. The number of rotatable bonds is 6. The molecular weight excluding hydrogens is 380 g/mol. The fourth-order valence-corrected chi connectivity index (χ4v) is 3.87. The number of thiazole rings is 1. The van der Waals surface area contributed by atoms with E-state index in [1.165, 1.54) is 68.8 Å². The van der Waals surface area contributed by atoms with Gasteiger partial charge in [0.05, 0.1) is 0 Å². The highest BCUT2D eigenvalue weighted by Gasteiger charge is 2.09. The number of nitrogens with one attached hydrogen (secondary N) is 1. The van der Waals surface area contributed by atoms with Gasteiger partial charge in [-0.15, -0.1) is 11.3 Å². The number of carbonyl (C=O) groups excluding carboxylic acids is 1. The Labute approximate surface area is 170 Å². The zero-order chi connectivity index (χ0) is 20.4. The number of hydrogen-bond donors (Lipinski definition) is 1. The van der Waals surface area contributed by atoms with Gasteiger partial charge in [0.2, 0.25) is 5.91 Å². The largest absolute Gasteiger partial charge is 0.356 e. The third-order valence-corrected chi connectivity index (χ3v) is 5.50. The Hall–Kier alpha value is -1.86. The van der Waals surface area contributed by atoms with Crippen LogP contribution in [0.2, 0.25) is 0 Å². The average molecular weight is 410 g/mol. The number of likely N-dealkylation sites (tertiary alicyclic amines) is 1. The molecule has 0 unspecified atom stereocenters. The molecule has 4 nitrogen and oxygen atoms in total. The number of benzene rings is 1. The summed E-state index contributed by atoms with van der Waals surface area (Å²) in [6, 6.07) is 3.50. The first-order valence-electron chi connectivity index (χ1n) is 9.80. The van der Waals surface area contributed by atoms with Crippen LogP contribution in [0.15, 0.2) is 23.6 Å². The van der Waals surface area contributed by atoms with Crippen LogP contribution in [-0.2, 0) is 4.79 Å². The van der Waals surface area contributed by atoms with E-state index in [1.807, 2.05) is 12.3 Å². The molecule has 154 valence electrons.